The Morgan fingerprint density at radius 3 is 2.29 bits per heavy atom. The highest BCUT2D eigenvalue weighted by Crippen LogP contribution is 2.31. The van der Waals surface area contributed by atoms with Gasteiger partial charge in [-0.15, -0.1) is 0 Å². The molecule has 1 aromatic rings. The van der Waals surface area contributed by atoms with Crippen molar-refractivity contribution >= 4 is 33.6 Å². The highest BCUT2D eigenvalue weighted by atomic mass is 79.9. The maximum atomic E-state index is 12.2. The molecule has 1 aromatic carbocycles. The normalized spacial score (nSPS) is 18.5. The molecule has 1 aliphatic heterocycles. The standard InChI is InChI=1S/C15H18BrN3O2/c16-12-3-1-2-4-13(12)17-15(21)19-9-7-18(8-10-19)14(20)11-5-6-11/h1-4,11H,5-10H2,(H,17,21). The number of urea groups is 1. The molecule has 3 amide bonds. The first-order chi connectivity index (χ1) is 10.1. The SMILES string of the molecule is O=C(Nc1ccccc1Br)N1CCN(C(=O)C2CC2)CC1. The molecule has 21 heavy (non-hydrogen) atoms. The molecule has 0 spiro atoms. The molecule has 1 heterocycles. The second-order valence-corrected chi connectivity index (χ2v) is 6.35. The number of hydrogen-bond donors (Lipinski definition) is 1. The van der Waals surface area contributed by atoms with Crippen LogP contribution in [0.15, 0.2) is 28.7 Å². The molecule has 0 aromatic heterocycles. The number of piperazine rings is 1. The number of carbonyl (C=O) groups is 2. The van der Waals surface area contributed by atoms with Crippen LogP contribution in [0.1, 0.15) is 12.8 Å². The predicted octanol–water partition coefficient (Wildman–Crippen LogP) is 2.54. The Bertz CT molecular complexity index is 552. The minimum atomic E-state index is -0.111. The van der Waals surface area contributed by atoms with Gasteiger partial charge >= 0.3 is 6.03 Å². The zero-order valence-electron chi connectivity index (χ0n) is 11.7. The molecule has 5 nitrogen and oxygen atoms in total. The van der Waals surface area contributed by atoms with Crippen LogP contribution in [0.25, 0.3) is 0 Å². The Morgan fingerprint density at radius 1 is 1.05 bits per heavy atom. The highest BCUT2D eigenvalue weighted by Gasteiger charge is 2.35. The van der Waals surface area contributed by atoms with Crippen LogP contribution in [0.3, 0.4) is 0 Å². The van der Waals surface area contributed by atoms with E-state index in [4.69, 9.17) is 0 Å². The molecule has 3 rings (SSSR count). The van der Waals surface area contributed by atoms with Gasteiger partial charge in [0.15, 0.2) is 0 Å². The lowest BCUT2D eigenvalue weighted by molar-refractivity contribution is -0.133. The smallest absolute Gasteiger partial charge is 0.321 e. The van der Waals surface area contributed by atoms with E-state index in [9.17, 15) is 9.59 Å². The second kappa shape index (κ2) is 6.05. The monoisotopic (exact) mass is 351 g/mol. The van der Waals surface area contributed by atoms with Crippen LogP contribution in [-0.4, -0.2) is 47.9 Å². The second-order valence-electron chi connectivity index (χ2n) is 5.50. The molecule has 0 atom stereocenters. The topological polar surface area (TPSA) is 52.7 Å². The van der Waals surface area contributed by atoms with Crippen LogP contribution in [0.2, 0.25) is 0 Å². The Kier molecular flexibility index (Phi) is 4.14. The van der Waals surface area contributed by atoms with Crippen molar-refractivity contribution in [2.45, 2.75) is 12.8 Å². The van der Waals surface area contributed by atoms with Gasteiger partial charge in [-0.3, -0.25) is 4.79 Å². The molecule has 112 valence electrons. The Labute approximate surface area is 132 Å². The number of benzene rings is 1. The van der Waals surface area contributed by atoms with E-state index in [-0.39, 0.29) is 17.9 Å². The van der Waals surface area contributed by atoms with E-state index >= 15 is 0 Å². The van der Waals surface area contributed by atoms with Gasteiger partial charge in [-0.1, -0.05) is 12.1 Å². The molecule has 0 radical (unpaired) electrons. The quantitative estimate of drug-likeness (QED) is 0.889. The molecule has 6 heteroatoms. The lowest BCUT2D eigenvalue weighted by Gasteiger charge is -2.34. The lowest BCUT2D eigenvalue weighted by Crippen LogP contribution is -2.52. The molecule has 1 aliphatic carbocycles. The van der Waals surface area contributed by atoms with E-state index in [1.54, 1.807) is 4.90 Å². The van der Waals surface area contributed by atoms with Gasteiger partial charge in [-0.05, 0) is 40.9 Å². The number of anilines is 1. The Morgan fingerprint density at radius 2 is 1.67 bits per heavy atom. The molecular weight excluding hydrogens is 334 g/mol. The van der Waals surface area contributed by atoms with Crippen LogP contribution in [0.4, 0.5) is 10.5 Å². The summed E-state index contributed by atoms with van der Waals surface area (Å²) in [7, 11) is 0. The molecule has 0 bridgehead atoms. The van der Waals surface area contributed by atoms with Crippen molar-refractivity contribution in [3.63, 3.8) is 0 Å². The van der Waals surface area contributed by atoms with Gasteiger partial charge in [0.1, 0.15) is 0 Å². The van der Waals surface area contributed by atoms with E-state index in [2.05, 4.69) is 21.2 Å². The predicted molar refractivity (Wildman–Crippen MR) is 84.0 cm³/mol. The number of carbonyl (C=O) groups excluding carboxylic acids is 2. The van der Waals surface area contributed by atoms with Gasteiger partial charge in [0.25, 0.3) is 0 Å². The average Bonchev–Trinajstić information content (AvgIpc) is 3.34. The Hall–Kier alpha value is -1.56. The number of amides is 3. The van der Waals surface area contributed by atoms with Crippen LogP contribution in [0, 0.1) is 5.92 Å². The molecular formula is C15H18BrN3O2. The number of nitrogens with zero attached hydrogens (tertiary/aromatic N) is 2. The third-order valence-electron chi connectivity index (χ3n) is 3.92. The third-order valence-corrected chi connectivity index (χ3v) is 4.61. The van der Waals surface area contributed by atoms with Gasteiger partial charge in [-0.2, -0.15) is 0 Å². The molecule has 2 aliphatic rings. The number of hydrogen-bond acceptors (Lipinski definition) is 2. The molecule has 0 unspecified atom stereocenters. The van der Waals surface area contributed by atoms with Gasteiger partial charge in [0.2, 0.25) is 5.91 Å². The summed E-state index contributed by atoms with van der Waals surface area (Å²) in [5.41, 5.74) is 0.763. The number of para-hydroxylation sites is 1. The van der Waals surface area contributed by atoms with Crippen molar-refractivity contribution in [3.05, 3.63) is 28.7 Å². The fraction of sp³-hybridized carbons (Fsp3) is 0.467. The van der Waals surface area contributed by atoms with Crippen molar-refractivity contribution in [3.8, 4) is 0 Å². The van der Waals surface area contributed by atoms with Gasteiger partial charge in [0.05, 0.1) is 5.69 Å². The summed E-state index contributed by atoms with van der Waals surface area (Å²) < 4.78 is 0.862. The zero-order chi connectivity index (χ0) is 14.8. The van der Waals surface area contributed by atoms with E-state index in [0.29, 0.717) is 26.2 Å². The van der Waals surface area contributed by atoms with Gasteiger partial charge in [-0.25, -0.2) is 4.79 Å². The van der Waals surface area contributed by atoms with Crippen LogP contribution < -0.4 is 5.32 Å². The van der Waals surface area contributed by atoms with E-state index < -0.39 is 0 Å². The fourth-order valence-electron chi connectivity index (χ4n) is 2.48. The zero-order valence-corrected chi connectivity index (χ0v) is 13.3. The summed E-state index contributed by atoms with van der Waals surface area (Å²) >= 11 is 3.41. The first kappa shape index (κ1) is 14.4. The molecule has 2 fully saturated rings. The molecule has 1 saturated heterocycles. The Balaban J connectivity index is 1.53. The molecule has 1 saturated carbocycles. The summed E-state index contributed by atoms with van der Waals surface area (Å²) in [6.45, 7) is 2.46. The van der Waals surface area contributed by atoms with Crippen molar-refractivity contribution in [2.24, 2.45) is 5.92 Å². The third kappa shape index (κ3) is 3.37. The van der Waals surface area contributed by atoms with Crippen molar-refractivity contribution in [1.82, 2.24) is 9.80 Å². The van der Waals surface area contributed by atoms with E-state index in [1.807, 2.05) is 29.2 Å². The maximum absolute atomic E-state index is 12.2. The minimum absolute atomic E-state index is 0.111. The van der Waals surface area contributed by atoms with Crippen LogP contribution in [-0.2, 0) is 4.79 Å². The maximum Gasteiger partial charge on any atom is 0.321 e. The van der Waals surface area contributed by atoms with Crippen molar-refractivity contribution in [1.29, 1.82) is 0 Å². The van der Waals surface area contributed by atoms with Gasteiger partial charge in [0, 0.05) is 36.6 Å². The summed E-state index contributed by atoms with van der Waals surface area (Å²) in [4.78, 5) is 27.9. The first-order valence-corrected chi connectivity index (χ1v) is 8.03. The number of nitrogens with one attached hydrogen (secondary N) is 1. The lowest BCUT2D eigenvalue weighted by atomic mass is 10.2. The summed E-state index contributed by atoms with van der Waals surface area (Å²) in [6, 6.07) is 7.42. The van der Waals surface area contributed by atoms with E-state index in [0.717, 1.165) is 23.0 Å². The highest BCUT2D eigenvalue weighted by molar-refractivity contribution is 9.10. The first-order valence-electron chi connectivity index (χ1n) is 7.24. The van der Waals surface area contributed by atoms with Crippen molar-refractivity contribution in [2.75, 3.05) is 31.5 Å². The van der Waals surface area contributed by atoms with E-state index in [1.165, 1.54) is 0 Å². The minimum Gasteiger partial charge on any atom is -0.339 e. The summed E-state index contributed by atoms with van der Waals surface area (Å²) in [5.74, 6) is 0.520. The fourth-order valence-corrected chi connectivity index (χ4v) is 2.86. The van der Waals surface area contributed by atoms with Gasteiger partial charge < -0.3 is 15.1 Å². The van der Waals surface area contributed by atoms with Crippen LogP contribution >= 0.6 is 15.9 Å². The summed E-state index contributed by atoms with van der Waals surface area (Å²) in [5, 5.41) is 2.90. The number of halogens is 1. The average molecular weight is 352 g/mol. The van der Waals surface area contributed by atoms with Crippen LogP contribution in [0.5, 0.6) is 0 Å². The summed E-state index contributed by atoms with van der Waals surface area (Å²) in [6.07, 6.45) is 2.06. The largest absolute Gasteiger partial charge is 0.339 e. The molecule has 1 N–H and O–H groups in total. The van der Waals surface area contributed by atoms with Crippen molar-refractivity contribution < 1.29 is 9.59 Å². The number of rotatable bonds is 2.